The van der Waals surface area contributed by atoms with Crippen LogP contribution in [0.15, 0.2) is 33.9 Å². The van der Waals surface area contributed by atoms with Crippen molar-refractivity contribution in [2.45, 2.75) is 74.5 Å². The van der Waals surface area contributed by atoms with Gasteiger partial charge in [0.2, 0.25) is 11.8 Å². The lowest BCUT2D eigenvalue weighted by molar-refractivity contribution is -0.119. The molecule has 0 unspecified atom stereocenters. The molecule has 0 aliphatic heterocycles. The minimum absolute atomic E-state index is 0.0382. The molecule has 1 aromatic heterocycles. The van der Waals surface area contributed by atoms with E-state index in [-0.39, 0.29) is 17.4 Å². The molecule has 2 aromatic rings. The molecule has 1 N–H and O–H groups in total. The van der Waals surface area contributed by atoms with E-state index in [0.717, 1.165) is 42.9 Å². The van der Waals surface area contributed by atoms with E-state index in [1.165, 1.54) is 61.4 Å². The van der Waals surface area contributed by atoms with Gasteiger partial charge in [-0.1, -0.05) is 36.0 Å². The first-order valence-electron chi connectivity index (χ1n) is 11.5. The molecule has 5 aliphatic carbocycles. The third-order valence-electron chi connectivity index (χ3n) is 7.93. The molecule has 4 fully saturated rings. The number of thioether (sulfide) groups is 1. The summed E-state index contributed by atoms with van der Waals surface area (Å²) in [5.74, 6) is 3.75. The number of aryl methyl sites for hydroxylation is 1. The first-order chi connectivity index (χ1) is 14.7. The number of rotatable bonds is 5. The zero-order chi connectivity index (χ0) is 20.1. The minimum atomic E-state index is 0.0382. The van der Waals surface area contributed by atoms with Gasteiger partial charge < -0.3 is 9.73 Å². The molecular formula is C24H29N3O2S. The fourth-order valence-corrected chi connectivity index (χ4v) is 7.70. The van der Waals surface area contributed by atoms with Gasteiger partial charge in [0.25, 0.3) is 5.22 Å². The Morgan fingerprint density at radius 1 is 1.10 bits per heavy atom. The van der Waals surface area contributed by atoms with Crippen molar-refractivity contribution in [3.05, 3.63) is 41.3 Å². The van der Waals surface area contributed by atoms with Crippen molar-refractivity contribution < 1.29 is 9.21 Å². The average Bonchev–Trinajstić information content (AvgIpc) is 3.22. The third kappa shape index (κ3) is 3.37. The van der Waals surface area contributed by atoms with Crippen LogP contribution in [0.1, 0.15) is 74.4 Å². The van der Waals surface area contributed by atoms with Gasteiger partial charge in [-0.15, -0.1) is 10.2 Å². The number of carbonyl (C=O) groups excluding carboxylic acids is 1. The number of carbonyl (C=O) groups is 1. The number of hydrogen-bond acceptors (Lipinski definition) is 5. The van der Waals surface area contributed by atoms with Crippen LogP contribution in [-0.2, 0) is 16.6 Å². The molecule has 0 spiro atoms. The molecule has 1 aromatic carbocycles. The van der Waals surface area contributed by atoms with Gasteiger partial charge in [0.15, 0.2) is 0 Å². The number of hydrogen-bond donors (Lipinski definition) is 1. The Balaban J connectivity index is 1.09. The maximum absolute atomic E-state index is 12.6. The fourth-order valence-electron chi connectivity index (χ4n) is 7.12. The van der Waals surface area contributed by atoms with Gasteiger partial charge in [-0.05, 0) is 86.7 Å². The second-order valence-corrected chi connectivity index (χ2v) is 11.0. The smallest absolute Gasteiger partial charge is 0.277 e. The first-order valence-corrected chi connectivity index (χ1v) is 12.5. The molecule has 30 heavy (non-hydrogen) atoms. The lowest BCUT2D eigenvalue weighted by atomic mass is 9.49. The summed E-state index contributed by atoms with van der Waals surface area (Å²) in [6.45, 7) is 0. The predicted octanol–water partition coefficient (Wildman–Crippen LogP) is 4.82. The topological polar surface area (TPSA) is 68.0 Å². The van der Waals surface area contributed by atoms with Gasteiger partial charge in [-0.3, -0.25) is 4.79 Å². The zero-order valence-corrected chi connectivity index (χ0v) is 18.1. The van der Waals surface area contributed by atoms with Gasteiger partial charge in [-0.25, -0.2) is 0 Å². The summed E-state index contributed by atoms with van der Waals surface area (Å²) < 4.78 is 6.13. The van der Waals surface area contributed by atoms with Crippen molar-refractivity contribution in [1.29, 1.82) is 0 Å². The Morgan fingerprint density at radius 3 is 2.60 bits per heavy atom. The van der Waals surface area contributed by atoms with Crippen LogP contribution in [0.5, 0.6) is 0 Å². The normalized spacial score (nSPS) is 34.0. The second kappa shape index (κ2) is 7.40. The van der Waals surface area contributed by atoms with Crippen LogP contribution in [0, 0.1) is 17.8 Å². The average molecular weight is 424 g/mol. The summed E-state index contributed by atoms with van der Waals surface area (Å²) in [5.41, 5.74) is 2.75. The van der Waals surface area contributed by atoms with Crippen LogP contribution in [0.2, 0.25) is 0 Å². The second-order valence-electron chi connectivity index (χ2n) is 10.1. The lowest BCUT2D eigenvalue weighted by Gasteiger charge is -2.55. The number of fused-ring (bicyclic) bond motifs is 1. The highest BCUT2D eigenvalue weighted by Crippen LogP contribution is 2.60. The van der Waals surface area contributed by atoms with Crippen molar-refractivity contribution in [1.82, 2.24) is 15.5 Å². The van der Waals surface area contributed by atoms with E-state index in [9.17, 15) is 4.79 Å². The van der Waals surface area contributed by atoms with Crippen molar-refractivity contribution >= 4 is 17.7 Å². The lowest BCUT2D eigenvalue weighted by Crippen LogP contribution is -2.48. The van der Waals surface area contributed by atoms with E-state index in [0.29, 0.717) is 11.0 Å². The van der Waals surface area contributed by atoms with E-state index in [2.05, 4.69) is 39.8 Å². The van der Waals surface area contributed by atoms with Crippen LogP contribution in [0.3, 0.4) is 0 Å². The fraction of sp³-hybridized carbons (Fsp3) is 0.625. The standard InChI is InChI=1S/C24H29N3O2S/c28-21(25-20-7-3-5-18-4-1-2-6-19(18)20)14-30-23-27-26-22(29-23)24-11-15-8-16(12-24)10-17(9-15)13-24/h1-2,4,6,15-17,20H,3,5,7-14H2,(H,25,28)/t15?,16?,17?,20-,24?/m0/s1. The van der Waals surface area contributed by atoms with Gasteiger partial charge in [0, 0.05) is 5.41 Å². The zero-order valence-electron chi connectivity index (χ0n) is 17.3. The summed E-state index contributed by atoms with van der Waals surface area (Å²) in [7, 11) is 0. The summed E-state index contributed by atoms with van der Waals surface area (Å²) in [6, 6.07) is 8.57. The number of amides is 1. The van der Waals surface area contributed by atoms with Crippen molar-refractivity contribution in [3.63, 3.8) is 0 Å². The van der Waals surface area contributed by atoms with Gasteiger partial charge in [-0.2, -0.15) is 0 Å². The summed E-state index contributed by atoms with van der Waals surface area (Å²) in [4.78, 5) is 12.6. The molecule has 7 rings (SSSR count). The van der Waals surface area contributed by atoms with Crippen molar-refractivity contribution in [2.24, 2.45) is 17.8 Å². The maximum atomic E-state index is 12.6. The molecule has 5 aliphatic rings. The van der Waals surface area contributed by atoms with Crippen LogP contribution in [0.4, 0.5) is 0 Å². The van der Waals surface area contributed by atoms with Crippen LogP contribution in [0.25, 0.3) is 0 Å². The number of nitrogens with zero attached hydrogens (tertiary/aromatic N) is 2. The molecule has 0 saturated heterocycles. The molecule has 158 valence electrons. The van der Waals surface area contributed by atoms with Gasteiger partial charge >= 0.3 is 0 Å². The van der Waals surface area contributed by atoms with E-state index in [4.69, 9.17) is 4.42 Å². The van der Waals surface area contributed by atoms with Crippen LogP contribution >= 0.6 is 11.8 Å². The Kier molecular flexibility index (Phi) is 4.66. The molecule has 6 heteroatoms. The number of nitrogens with one attached hydrogen (secondary N) is 1. The molecule has 5 nitrogen and oxygen atoms in total. The van der Waals surface area contributed by atoms with Crippen molar-refractivity contribution in [2.75, 3.05) is 5.75 Å². The Hall–Kier alpha value is -1.82. The Labute approximate surface area is 181 Å². The highest BCUT2D eigenvalue weighted by Gasteiger charge is 2.54. The summed E-state index contributed by atoms with van der Waals surface area (Å²) >= 11 is 1.37. The molecule has 1 heterocycles. The van der Waals surface area contributed by atoms with E-state index >= 15 is 0 Å². The van der Waals surface area contributed by atoms with Gasteiger partial charge in [0.05, 0.1) is 11.8 Å². The quantitative estimate of drug-likeness (QED) is 0.698. The molecule has 4 bridgehead atoms. The SMILES string of the molecule is O=C(CSc1nnc(C23CC4CC(CC(C4)C2)C3)o1)N[C@H]1CCCc2ccccc21. The third-order valence-corrected chi connectivity index (χ3v) is 8.75. The Bertz CT molecular complexity index is 920. The largest absolute Gasteiger partial charge is 0.415 e. The highest BCUT2D eigenvalue weighted by molar-refractivity contribution is 7.99. The van der Waals surface area contributed by atoms with Crippen LogP contribution in [-0.4, -0.2) is 21.9 Å². The Morgan fingerprint density at radius 2 is 1.83 bits per heavy atom. The van der Waals surface area contributed by atoms with Crippen molar-refractivity contribution in [3.8, 4) is 0 Å². The highest BCUT2D eigenvalue weighted by atomic mass is 32.2. The molecule has 1 atom stereocenters. The maximum Gasteiger partial charge on any atom is 0.277 e. The number of aromatic nitrogens is 2. The summed E-state index contributed by atoms with van der Waals surface area (Å²) in [6.07, 6.45) is 11.1. The molecular weight excluding hydrogens is 394 g/mol. The van der Waals surface area contributed by atoms with E-state index in [1.54, 1.807) is 0 Å². The monoisotopic (exact) mass is 423 g/mol. The molecule has 1 amide bonds. The minimum Gasteiger partial charge on any atom is -0.415 e. The number of benzene rings is 1. The predicted molar refractivity (Wildman–Crippen MR) is 115 cm³/mol. The molecule has 4 saturated carbocycles. The van der Waals surface area contributed by atoms with E-state index in [1.807, 2.05) is 0 Å². The van der Waals surface area contributed by atoms with Gasteiger partial charge in [0.1, 0.15) is 0 Å². The van der Waals surface area contributed by atoms with E-state index < -0.39 is 0 Å². The molecule has 0 radical (unpaired) electrons. The first kappa shape index (κ1) is 18.9. The van der Waals surface area contributed by atoms with Crippen LogP contribution < -0.4 is 5.32 Å². The summed E-state index contributed by atoms with van der Waals surface area (Å²) in [5, 5.41) is 12.5.